The maximum Gasteiger partial charge on any atom is 0.191 e. The predicted octanol–water partition coefficient (Wildman–Crippen LogP) is 3.93. The third-order valence-corrected chi connectivity index (χ3v) is 4.96. The van der Waals surface area contributed by atoms with Crippen LogP contribution in [0.1, 0.15) is 29.7 Å². The van der Waals surface area contributed by atoms with Gasteiger partial charge in [-0.3, -0.25) is 4.99 Å². The van der Waals surface area contributed by atoms with E-state index in [4.69, 9.17) is 4.74 Å². The van der Waals surface area contributed by atoms with Gasteiger partial charge in [0.15, 0.2) is 5.96 Å². The molecule has 30 heavy (non-hydrogen) atoms. The molecule has 7 heteroatoms. The van der Waals surface area contributed by atoms with Crippen LogP contribution >= 0.6 is 24.0 Å². The molecule has 162 valence electrons. The smallest absolute Gasteiger partial charge is 0.191 e. The number of aliphatic imine (C=N–C) groups is 1. The molecular formula is C23H31IN4O2. The van der Waals surface area contributed by atoms with Crippen LogP contribution in [0.4, 0.5) is 0 Å². The lowest BCUT2D eigenvalue weighted by molar-refractivity contribution is 0.187. The van der Waals surface area contributed by atoms with E-state index in [1.807, 2.05) is 31.2 Å². The van der Waals surface area contributed by atoms with Gasteiger partial charge in [0.05, 0.1) is 19.8 Å². The lowest BCUT2D eigenvalue weighted by Crippen LogP contribution is -2.38. The minimum atomic E-state index is -0.659. The topological polar surface area (TPSA) is 81.7 Å². The van der Waals surface area contributed by atoms with Gasteiger partial charge in [-0.05, 0) is 49.1 Å². The summed E-state index contributed by atoms with van der Waals surface area (Å²) in [6.45, 7) is 5.94. The van der Waals surface area contributed by atoms with Crippen molar-refractivity contribution < 1.29 is 9.84 Å². The van der Waals surface area contributed by atoms with E-state index in [1.165, 1.54) is 22.0 Å². The first-order valence-electron chi connectivity index (χ1n) is 10.0. The van der Waals surface area contributed by atoms with Gasteiger partial charge in [0.1, 0.15) is 5.75 Å². The number of halogens is 1. The standard InChI is InChI=1S/C23H30N4O2.HI/c1-4-24-23(27-15-21(28)17-8-10-19(29-3)11-9-17)25-13-12-18-14-26-22-16(2)6-5-7-20(18)22;/h5-11,14,21,26,28H,4,12-13,15H2,1-3H3,(H2,24,25,27);1H. The van der Waals surface area contributed by atoms with Crippen molar-refractivity contribution in [2.45, 2.75) is 26.4 Å². The average molecular weight is 522 g/mol. The normalized spacial score (nSPS) is 12.3. The predicted molar refractivity (Wildman–Crippen MR) is 134 cm³/mol. The summed E-state index contributed by atoms with van der Waals surface area (Å²) in [7, 11) is 1.63. The monoisotopic (exact) mass is 522 g/mol. The SMILES string of the molecule is CCNC(=NCC(O)c1ccc(OC)cc1)NCCc1c[nH]c2c(C)cccc12.I. The van der Waals surface area contributed by atoms with Crippen LogP contribution in [-0.2, 0) is 6.42 Å². The summed E-state index contributed by atoms with van der Waals surface area (Å²) < 4.78 is 5.16. The number of nitrogens with one attached hydrogen (secondary N) is 3. The Morgan fingerprint density at radius 3 is 2.63 bits per heavy atom. The molecule has 4 N–H and O–H groups in total. The van der Waals surface area contributed by atoms with E-state index >= 15 is 0 Å². The number of hydrogen-bond donors (Lipinski definition) is 4. The molecule has 3 rings (SSSR count). The molecule has 0 saturated carbocycles. The molecule has 6 nitrogen and oxygen atoms in total. The first-order chi connectivity index (χ1) is 14.1. The number of H-pyrrole nitrogens is 1. The van der Waals surface area contributed by atoms with E-state index in [0.29, 0.717) is 5.96 Å². The quantitative estimate of drug-likeness (QED) is 0.205. The van der Waals surface area contributed by atoms with Crippen molar-refractivity contribution in [2.75, 3.05) is 26.7 Å². The van der Waals surface area contributed by atoms with E-state index in [9.17, 15) is 5.11 Å². The number of aliphatic hydroxyl groups is 1. The molecular weight excluding hydrogens is 491 g/mol. The molecule has 0 saturated heterocycles. The van der Waals surface area contributed by atoms with Crippen molar-refractivity contribution in [1.29, 1.82) is 0 Å². The highest BCUT2D eigenvalue weighted by Crippen LogP contribution is 2.21. The van der Waals surface area contributed by atoms with Crippen molar-refractivity contribution in [2.24, 2.45) is 4.99 Å². The van der Waals surface area contributed by atoms with Crippen LogP contribution in [-0.4, -0.2) is 42.8 Å². The number of aromatic nitrogens is 1. The molecule has 0 aliphatic heterocycles. The summed E-state index contributed by atoms with van der Waals surface area (Å²) in [4.78, 5) is 7.90. The number of ether oxygens (including phenoxy) is 1. The Balaban J connectivity index is 0.00000320. The number of rotatable bonds is 8. The molecule has 1 heterocycles. The number of fused-ring (bicyclic) bond motifs is 1. The zero-order chi connectivity index (χ0) is 20.6. The van der Waals surface area contributed by atoms with Crippen molar-refractivity contribution in [1.82, 2.24) is 15.6 Å². The first-order valence-corrected chi connectivity index (χ1v) is 10.0. The second kappa shape index (κ2) is 11.8. The van der Waals surface area contributed by atoms with Crippen molar-refractivity contribution >= 4 is 40.8 Å². The minimum Gasteiger partial charge on any atom is -0.497 e. The van der Waals surface area contributed by atoms with Gasteiger partial charge in [-0.15, -0.1) is 24.0 Å². The van der Waals surface area contributed by atoms with Crippen molar-refractivity contribution in [3.63, 3.8) is 0 Å². The number of guanidine groups is 1. The fraction of sp³-hybridized carbons (Fsp3) is 0.348. The molecule has 0 aliphatic carbocycles. The van der Waals surface area contributed by atoms with E-state index in [1.54, 1.807) is 7.11 Å². The molecule has 0 fully saturated rings. The summed E-state index contributed by atoms with van der Waals surface area (Å²) >= 11 is 0. The van der Waals surface area contributed by atoms with Gasteiger partial charge in [-0.25, -0.2) is 0 Å². The second-order valence-corrected chi connectivity index (χ2v) is 7.00. The zero-order valence-electron chi connectivity index (χ0n) is 17.7. The van der Waals surface area contributed by atoms with Crippen LogP contribution in [0.2, 0.25) is 0 Å². The van der Waals surface area contributed by atoms with E-state index in [2.05, 4.69) is 51.9 Å². The molecule has 0 spiro atoms. The van der Waals surface area contributed by atoms with Crippen molar-refractivity contribution in [3.05, 3.63) is 65.4 Å². The number of para-hydroxylation sites is 1. The molecule has 2 aromatic carbocycles. The summed E-state index contributed by atoms with van der Waals surface area (Å²) in [6, 6.07) is 13.8. The lowest BCUT2D eigenvalue weighted by Gasteiger charge is -2.13. The van der Waals surface area contributed by atoms with Gasteiger partial charge in [-0.2, -0.15) is 0 Å². The Kier molecular flexibility index (Phi) is 9.45. The number of aromatic amines is 1. The van der Waals surface area contributed by atoms with Gasteiger partial charge in [-0.1, -0.05) is 30.3 Å². The third kappa shape index (κ3) is 6.12. The van der Waals surface area contributed by atoms with Gasteiger partial charge < -0.3 is 25.5 Å². The van der Waals surface area contributed by atoms with Crippen molar-refractivity contribution in [3.8, 4) is 5.75 Å². The molecule has 0 bridgehead atoms. The highest BCUT2D eigenvalue weighted by atomic mass is 127. The molecule has 0 radical (unpaired) electrons. The molecule has 0 aliphatic rings. The summed E-state index contributed by atoms with van der Waals surface area (Å²) in [5.41, 5.74) is 4.56. The molecule has 1 atom stereocenters. The largest absolute Gasteiger partial charge is 0.497 e. The number of benzene rings is 2. The van der Waals surface area contributed by atoms with Gasteiger partial charge in [0.2, 0.25) is 0 Å². The van der Waals surface area contributed by atoms with E-state index in [0.717, 1.165) is 30.8 Å². The van der Waals surface area contributed by atoms with Crippen LogP contribution in [0.3, 0.4) is 0 Å². The Labute approximate surface area is 195 Å². The van der Waals surface area contributed by atoms with Gasteiger partial charge >= 0.3 is 0 Å². The summed E-state index contributed by atoms with van der Waals surface area (Å²) in [5, 5.41) is 18.3. The highest BCUT2D eigenvalue weighted by Gasteiger charge is 2.09. The summed E-state index contributed by atoms with van der Waals surface area (Å²) in [5.74, 6) is 1.48. The zero-order valence-corrected chi connectivity index (χ0v) is 20.1. The van der Waals surface area contributed by atoms with Crippen LogP contribution in [0.25, 0.3) is 10.9 Å². The third-order valence-electron chi connectivity index (χ3n) is 4.96. The number of nitrogens with zero attached hydrogens (tertiary/aromatic N) is 1. The number of methoxy groups -OCH3 is 1. The fourth-order valence-electron chi connectivity index (χ4n) is 3.34. The molecule has 3 aromatic rings. The van der Waals surface area contributed by atoms with Crippen LogP contribution in [0, 0.1) is 6.92 Å². The molecule has 0 amide bonds. The average Bonchev–Trinajstić information content (AvgIpc) is 3.16. The molecule has 1 unspecified atom stereocenters. The lowest BCUT2D eigenvalue weighted by atomic mass is 10.1. The number of hydrogen-bond acceptors (Lipinski definition) is 3. The van der Waals surface area contributed by atoms with Crippen LogP contribution in [0.5, 0.6) is 5.75 Å². The maximum atomic E-state index is 10.4. The van der Waals surface area contributed by atoms with E-state index < -0.39 is 6.10 Å². The van der Waals surface area contributed by atoms with Gasteiger partial charge in [0, 0.05) is 30.2 Å². The summed E-state index contributed by atoms with van der Waals surface area (Å²) in [6.07, 6.45) is 2.30. The Hall–Kier alpha value is -2.26. The first kappa shape index (κ1) is 24.0. The highest BCUT2D eigenvalue weighted by molar-refractivity contribution is 14.0. The minimum absolute atomic E-state index is 0. The Bertz CT molecular complexity index is 953. The Morgan fingerprint density at radius 1 is 1.17 bits per heavy atom. The van der Waals surface area contributed by atoms with Crippen LogP contribution < -0.4 is 15.4 Å². The van der Waals surface area contributed by atoms with Crippen LogP contribution in [0.15, 0.2) is 53.7 Å². The molecule has 1 aromatic heterocycles. The van der Waals surface area contributed by atoms with E-state index in [-0.39, 0.29) is 30.5 Å². The maximum absolute atomic E-state index is 10.4. The fourth-order valence-corrected chi connectivity index (χ4v) is 3.34. The Morgan fingerprint density at radius 2 is 1.93 bits per heavy atom. The second-order valence-electron chi connectivity index (χ2n) is 7.00. The number of aliphatic hydroxyl groups excluding tert-OH is 1. The van der Waals surface area contributed by atoms with Gasteiger partial charge in [0.25, 0.3) is 0 Å². The number of aryl methyl sites for hydroxylation is 1.